The summed E-state index contributed by atoms with van der Waals surface area (Å²) in [6, 6.07) is 5.99. The van der Waals surface area contributed by atoms with Crippen molar-refractivity contribution in [1.82, 2.24) is 5.32 Å². The maximum atomic E-state index is 12.7. The second-order valence-electron chi connectivity index (χ2n) is 4.37. The molecule has 1 amide bonds. The lowest BCUT2D eigenvalue weighted by molar-refractivity contribution is -0.120. The summed E-state index contributed by atoms with van der Waals surface area (Å²) in [5.74, 6) is 0.150. The minimum absolute atomic E-state index is 0.0401. The van der Waals surface area contributed by atoms with Gasteiger partial charge in [-0.25, -0.2) is 4.39 Å². The number of hydrogen-bond acceptors (Lipinski definition) is 1. The van der Waals surface area contributed by atoms with Crippen LogP contribution in [-0.4, -0.2) is 17.3 Å². The standard InChI is InChI=1S/C13H17BrFNO/c1-9(2)12(14)8-16-13(17)7-10-3-5-11(15)6-4-10/h3-6,9,12H,7-8H2,1-2H3,(H,16,17). The van der Waals surface area contributed by atoms with Crippen LogP contribution in [0.25, 0.3) is 0 Å². The van der Waals surface area contributed by atoms with Gasteiger partial charge in [0, 0.05) is 11.4 Å². The third-order valence-corrected chi connectivity index (χ3v) is 3.88. The maximum absolute atomic E-state index is 12.7. The van der Waals surface area contributed by atoms with Gasteiger partial charge >= 0.3 is 0 Å². The van der Waals surface area contributed by atoms with Gasteiger partial charge in [0.25, 0.3) is 0 Å². The van der Waals surface area contributed by atoms with Crippen LogP contribution in [0.1, 0.15) is 19.4 Å². The second-order valence-corrected chi connectivity index (χ2v) is 5.54. The largest absolute Gasteiger partial charge is 0.355 e. The number of alkyl halides is 1. The predicted octanol–water partition coefficient (Wildman–Crippen LogP) is 2.90. The molecule has 1 aromatic carbocycles. The fourth-order valence-corrected chi connectivity index (χ4v) is 1.46. The van der Waals surface area contributed by atoms with Crippen LogP contribution in [0.5, 0.6) is 0 Å². The number of carbonyl (C=O) groups is 1. The average Bonchev–Trinajstić information content (AvgIpc) is 2.29. The van der Waals surface area contributed by atoms with E-state index in [4.69, 9.17) is 0 Å². The summed E-state index contributed by atoms with van der Waals surface area (Å²) in [4.78, 5) is 11.9. The van der Waals surface area contributed by atoms with E-state index in [1.807, 2.05) is 0 Å². The number of rotatable bonds is 5. The molecule has 0 saturated carbocycles. The lowest BCUT2D eigenvalue weighted by Crippen LogP contribution is -2.32. The first-order valence-corrected chi connectivity index (χ1v) is 6.56. The molecule has 0 radical (unpaired) electrons. The van der Waals surface area contributed by atoms with Crippen molar-refractivity contribution < 1.29 is 9.18 Å². The molecule has 1 rings (SSSR count). The van der Waals surface area contributed by atoms with Crippen molar-refractivity contribution in [3.63, 3.8) is 0 Å². The molecule has 17 heavy (non-hydrogen) atoms. The van der Waals surface area contributed by atoms with Crippen LogP contribution in [0.4, 0.5) is 4.39 Å². The van der Waals surface area contributed by atoms with E-state index in [1.165, 1.54) is 12.1 Å². The van der Waals surface area contributed by atoms with Crippen LogP contribution in [-0.2, 0) is 11.2 Å². The molecule has 1 aromatic rings. The zero-order valence-corrected chi connectivity index (χ0v) is 11.6. The minimum Gasteiger partial charge on any atom is -0.355 e. The fraction of sp³-hybridized carbons (Fsp3) is 0.462. The van der Waals surface area contributed by atoms with Gasteiger partial charge in [-0.1, -0.05) is 41.9 Å². The topological polar surface area (TPSA) is 29.1 Å². The van der Waals surface area contributed by atoms with Crippen molar-refractivity contribution in [3.05, 3.63) is 35.6 Å². The quantitative estimate of drug-likeness (QED) is 0.833. The summed E-state index contributed by atoms with van der Waals surface area (Å²) in [5.41, 5.74) is 0.819. The van der Waals surface area contributed by atoms with Gasteiger partial charge in [0.05, 0.1) is 6.42 Å². The van der Waals surface area contributed by atoms with Crippen LogP contribution >= 0.6 is 15.9 Å². The molecule has 1 atom stereocenters. The fourth-order valence-electron chi connectivity index (χ4n) is 1.30. The van der Waals surface area contributed by atoms with Crippen LogP contribution in [0.2, 0.25) is 0 Å². The molecule has 94 valence electrons. The highest BCUT2D eigenvalue weighted by Gasteiger charge is 2.10. The van der Waals surface area contributed by atoms with Gasteiger partial charge in [-0.05, 0) is 23.6 Å². The van der Waals surface area contributed by atoms with Gasteiger partial charge in [0.1, 0.15) is 5.82 Å². The zero-order chi connectivity index (χ0) is 12.8. The Bertz CT molecular complexity index is 364. The van der Waals surface area contributed by atoms with Crippen molar-refractivity contribution in [2.75, 3.05) is 6.54 Å². The molecule has 1 unspecified atom stereocenters. The first-order valence-electron chi connectivity index (χ1n) is 5.64. The molecule has 0 fully saturated rings. The number of halogens is 2. The number of nitrogens with one attached hydrogen (secondary N) is 1. The number of hydrogen-bond donors (Lipinski definition) is 1. The molecule has 0 aliphatic rings. The summed E-state index contributed by atoms with van der Waals surface area (Å²) < 4.78 is 12.7. The third-order valence-electron chi connectivity index (χ3n) is 2.50. The van der Waals surface area contributed by atoms with E-state index in [-0.39, 0.29) is 23.0 Å². The SMILES string of the molecule is CC(C)C(Br)CNC(=O)Cc1ccc(F)cc1. The maximum Gasteiger partial charge on any atom is 0.224 e. The summed E-state index contributed by atoms with van der Waals surface area (Å²) in [7, 11) is 0. The normalized spacial score (nSPS) is 12.5. The van der Waals surface area contributed by atoms with Crippen LogP contribution in [0.3, 0.4) is 0 Å². The Hall–Kier alpha value is -0.900. The smallest absolute Gasteiger partial charge is 0.224 e. The van der Waals surface area contributed by atoms with Crippen molar-refractivity contribution in [1.29, 1.82) is 0 Å². The first-order chi connectivity index (χ1) is 7.99. The van der Waals surface area contributed by atoms with Crippen molar-refractivity contribution in [2.24, 2.45) is 5.92 Å². The Labute approximate surface area is 110 Å². The van der Waals surface area contributed by atoms with Crippen LogP contribution in [0, 0.1) is 11.7 Å². The van der Waals surface area contributed by atoms with E-state index < -0.39 is 0 Å². The highest BCUT2D eigenvalue weighted by molar-refractivity contribution is 9.09. The molecule has 1 N–H and O–H groups in total. The van der Waals surface area contributed by atoms with E-state index in [2.05, 4.69) is 35.1 Å². The summed E-state index contributed by atoms with van der Waals surface area (Å²) >= 11 is 3.50. The van der Waals surface area contributed by atoms with Crippen molar-refractivity contribution in [2.45, 2.75) is 25.1 Å². The molecule has 0 aliphatic heterocycles. The third kappa shape index (κ3) is 5.31. The molecule has 4 heteroatoms. The van der Waals surface area contributed by atoms with E-state index in [0.29, 0.717) is 12.5 Å². The minimum atomic E-state index is -0.283. The van der Waals surface area contributed by atoms with Gasteiger partial charge < -0.3 is 5.32 Å². The second kappa shape index (κ2) is 6.74. The van der Waals surface area contributed by atoms with E-state index in [1.54, 1.807) is 12.1 Å². The highest BCUT2D eigenvalue weighted by atomic mass is 79.9. The summed E-state index contributed by atoms with van der Waals surface area (Å²) in [6.07, 6.45) is 0.290. The monoisotopic (exact) mass is 301 g/mol. The first kappa shape index (κ1) is 14.2. The molecular formula is C13H17BrFNO. The molecule has 0 aromatic heterocycles. The molecule has 0 heterocycles. The Morgan fingerprint density at radius 2 is 1.94 bits per heavy atom. The van der Waals surface area contributed by atoms with Gasteiger partial charge in [0.2, 0.25) is 5.91 Å². The molecule has 0 saturated heterocycles. The Balaban J connectivity index is 2.37. The molecule has 0 aliphatic carbocycles. The van der Waals surface area contributed by atoms with E-state index in [9.17, 15) is 9.18 Å². The zero-order valence-electron chi connectivity index (χ0n) is 10.0. The molecule has 2 nitrogen and oxygen atoms in total. The lowest BCUT2D eigenvalue weighted by Gasteiger charge is -2.14. The summed E-state index contributed by atoms with van der Waals surface area (Å²) in [6.45, 7) is 4.79. The van der Waals surface area contributed by atoms with Crippen LogP contribution in [0.15, 0.2) is 24.3 Å². The Kier molecular flexibility index (Phi) is 5.62. The van der Waals surface area contributed by atoms with Gasteiger partial charge in [0.15, 0.2) is 0 Å². The van der Waals surface area contributed by atoms with Gasteiger partial charge in [-0.2, -0.15) is 0 Å². The number of carbonyl (C=O) groups excluding carboxylic acids is 1. The number of amides is 1. The highest BCUT2D eigenvalue weighted by Crippen LogP contribution is 2.10. The Morgan fingerprint density at radius 3 is 2.47 bits per heavy atom. The van der Waals surface area contributed by atoms with E-state index in [0.717, 1.165) is 5.56 Å². The predicted molar refractivity (Wildman–Crippen MR) is 70.7 cm³/mol. The van der Waals surface area contributed by atoms with Crippen molar-refractivity contribution >= 4 is 21.8 Å². The molecular weight excluding hydrogens is 285 g/mol. The van der Waals surface area contributed by atoms with Crippen LogP contribution < -0.4 is 5.32 Å². The molecule has 0 bridgehead atoms. The summed E-state index contributed by atoms with van der Waals surface area (Å²) in [5, 5.41) is 2.85. The Morgan fingerprint density at radius 1 is 1.35 bits per heavy atom. The van der Waals surface area contributed by atoms with Gasteiger partial charge in [-0.3, -0.25) is 4.79 Å². The lowest BCUT2D eigenvalue weighted by atomic mass is 10.1. The average molecular weight is 302 g/mol. The van der Waals surface area contributed by atoms with Gasteiger partial charge in [-0.15, -0.1) is 0 Å². The number of benzene rings is 1. The molecule has 0 spiro atoms. The van der Waals surface area contributed by atoms with Crippen molar-refractivity contribution in [3.8, 4) is 0 Å². The van der Waals surface area contributed by atoms with E-state index >= 15 is 0 Å².